The zero-order chi connectivity index (χ0) is 16.5. The van der Waals surface area contributed by atoms with Gasteiger partial charge in [-0.25, -0.2) is 22.9 Å². The lowest BCUT2D eigenvalue weighted by molar-refractivity contribution is -0.711. The van der Waals surface area contributed by atoms with Crippen molar-refractivity contribution in [3.63, 3.8) is 0 Å². The number of hydrogen-bond acceptors (Lipinski definition) is 8. The van der Waals surface area contributed by atoms with Gasteiger partial charge in [0.25, 0.3) is 0 Å². The SMILES string of the molecule is CN1CN(C)C2=C1C(=O)[NH+](C)C(=O)N2C.COS(=O)(=O)[O-]. The summed E-state index contributed by atoms with van der Waals surface area (Å²) in [6.07, 6.45) is 0. The molecule has 1 N–H and O–H groups in total. The number of nitrogens with zero attached hydrogens (tertiary/aromatic N) is 3. The summed E-state index contributed by atoms with van der Waals surface area (Å²) < 4.78 is 31.0. The van der Waals surface area contributed by atoms with Crippen LogP contribution in [0.15, 0.2) is 11.5 Å². The molecule has 0 radical (unpaired) electrons. The second-order valence-corrected chi connectivity index (χ2v) is 5.75. The van der Waals surface area contributed by atoms with Gasteiger partial charge in [-0.3, -0.25) is 4.18 Å². The number of hydrogen-bond donors (Lipinski definition) is 1. The highest BCUT2D eigenvalue weighted by molar-refractivity contribution is 7.80. The highest BCUT2D eigenvalue weighted by Crippen LogP contribution is 2.24. The van der Waals surface area contributed by atoms with Crippen molar-refractivity contribution in [3.8, 4) is 0 Å². The maximum Gasteiger partial charge on any atom is 0.430 e. The van der Waals surface area contributed by atoms with Crippen molar-refractivity contribution < 1.29 is 31.6 Å². The predicted molar refractivity (Wildman–Crippen MR) is 69.2 cm³/mol. The minimum absolute atomic E-state index is 0.153. The first-order valence-electron chi connectivity index (χ1n) is 5.85. The smallest absolute Gasteiger partial charge is 0.430 e. The van der Waals surface area contributed by atoms with Gasteiger partial charge in [0, 0.05) is 21.1 Å². The topological polar surface area (TPSA) is 115 Å². The third-order valence-electron chi connectivity index (χ3n) is 3.08. The molecule has 21 heavy (non-hydrogen) atoms. The molecule has 0 saturated heterocycles. The van der Waals surface area contributed by atoms with Crippen LogP contribution in [0.5, 0.6) is 0 Å². The van der Waals surface area contributed by atoms with Crippen LogP contribution in [0.4, 0.5) is 4.79 Å². The van der Waals surface area contributed by atoms with Gasteiger partial charge in [0.15, 0.2) is 11.5 Å². The quantitative estimate of drug-likeness (QED) is 0.406. The molecule has 0 aliphatic carbocycles. The number of carbonyl (C=O) groups excluding carboxylic acids is 2. The number of quaternary nitrogens is 1. The van der Waals surface area contributed by atoms with E-state index in [2.05, 4.69) is 4.18 Å². The number of nitrogens with one attached hydrogen (secondary N) is 1. The summed E-state index contributed by atoms with van der Waals surface area (Å²) >= 11 is 0. The van der Waals surface area contributed by atoms with Crippen molar-refractivity contribution in [2.45, 2.75) is 0 Å². The fraction of sp³-hybridized carbons (Fsp3) is 0.600. The van der Waals surface area contributed by atoms with Crippen molar-refractivity contribution in [3.05, 3.63) is 11.5 Å². The fourth-order valence-corrected chi connectivity index (χ4v) is 2.12. The van der Waals surface area contributed by atoms with E-state index in [4.69, 9.17) is 0 Å². The highest BCUT2D eigenvalue weighted by Gasteiger charge is 2.46. The first-order chi connectivity index (χ1) is 9.51. The monoisotopic (exact) mass is 322 g/mol. The zero-order valence-electron chi connectivity index (χ0n) is 12.4. The Morgan fingerprint density at radius 2 is 1.67 bits per heavy atom. The van der Waals surface area contributed by atoms with Crippen molar-refractivity contribution in [2.75, 3.05) is 42.0 Å². The van der Waals surface area contributed by atoms with E-state index in [1.165, 1.54) is 4.90 Å². The molecule has 2 aliphatic rings. The van der Waals surface area contributed by atoms with Gasteiger partial charge in [0.2, 0.25) is 10.4 Å². The van der Waals surface area contributed by atoms with Gasteiger partial charge in [0.05, 0.1) is 20.8 Å². The lowest BCUT2D eigenvalue weighted by atomic mass is 10.3. The van der Waals surface area contributed by atoms with E-state index in [1.807, 2.05) is 23.9 Å². The van der Waals surface area contributed by atoms with E-state index in [0.717, 1.165) is 7.11 Å². The molecule has 10 nitrogen and oxygen atoms in total. The van der Waals surface area contributed by atoms with E-state index >= 15 is 0 Å². The number of urea groups is 1. The summed E-state index contributed by atoms with van der Waals surface area (Å²) in [7, 11) is 3.40. The number of carbonyl (C=O) groups is 2. The van der Waals surface area contributed by atoms with Gasteiger partial charge in [-0.15, -0.1) is 0 Å². The molecule has 120 valence electrons. The summed E-state index contributed by atoms with van der Waals surface area (Å²) in [4.78, 5) is 29.2. The van der Waals surface area contributed by atoms with Crippen LogP contribution in [0, 0.1) is 0 Å². The summed E-state index contributed by atoms with van der Waals surface area (Å²) in [6.45, 7) is 0.640. The van der Waals surface area contributed by atoms with Crippen LogP contribution in [0.25, 0.3) is 0 Å². The normalized spacial score (nSPS) is 22.4. The van der Waals surface area contributed by atoms with Crippen molar-refractivity contribution in [1.82, 2.24) is 14.7 Å². The fourth-order valence-electron chi connectivity index (χ4n) is 2.12. The molecule has 1 atom stereocenters. The van der Waals surface area contributed by atoms with Gasteiger partial charge in [-0.1, -0.05) is 0 Å². The molecule has 2 rings (SSSR count). The Morgan fingerprint density at radius 3 is 2.10 bits per heavy atom. The van der Waals surface area contributed by atoms with E-state index < -0.39 is 10.4 Å². The van der Waals surface area contributed by atoms with Crippen LogP contribution in [0.3, 0.4) is 0 Å². The van der Waals surface area contributed by atoms with Crippen LogP contribution in [-0.2, 0) is 19.4 Å². The van der Waals surface area contributed by atoms with Crippen LogP contribution in [0.1, 0.15) is 0 Å². The summed E-state index contributed by atoms with van der Waals surface area (Å²) in [5.41, 5.74) is 0.622. The first kappa shape index (κ1) is 17.4. The second kappa shape index (κ2) is 5.97. The molecule has 0 aromatic rings. The van der Waals surface area contributed by atoms with E-state index in [1.54, 1.807) is 14.1 Å². The molecule has 0 saturated carbocycles. The molecule has 0 aromatic heterocycles. The summed E-state index contributed by atoms with van der Waals surface area (Å²) in [5.74, 6) is 0.554. The van der Waals surface area contributed by atoms with Gasteiger partial charge in [-0.05, 0) is 0 Å². The van der Waals surface area contributed by atoms with E-state index in [-0.39, 0.29) is 11.9 Å². The Balaban J connectivity index is 0.000000315. The average Bonchev–Trinajstić information content (AvgIpc) is 2.68. The molecule has 2 aliphatic heterocycles. The standard InChI is InChI=1S/C9H14N4O2.CH4O4S/c1-10-5-11(2)7-6(10)8(14)13(4)9(15)12(7)3;1-5-6(2,3)4/h5H2,1-4H3;1H3,(H,2,3,4). The minimum atomic E-state index is -4.41. The van der Waals surface area contributed by atoms with Gasteiger partial charge >= 0.3 is 11.9 Å². The molecule has 1 unspecified atom stereocenters. The minimum Gasteiger partial charge on any atom is -0.726 e. The molecule has 3 amide bonds. The molecular weight excluding hydrogens is 304 g/mol. The molecule has 11 heteroatoms. The van der Waals surface area contributed by atoms with Crippen LogP contribution < -0.4 is 4.90 Å². The Hall–Kier alpha value is -1.69. The molecule has 0 spiro atoms. The van der Waals surface area contributed by atoms with Gasteiger partial charge < -0.3 is 14.4 Å². The van der Waals surface area contributed by atoms with Crippen LogP contribution in [-0.4, -0.2) is 81.6 Å². The molecular formula is C10H18N4O6S. The average molecular weight is 322 g/mol. The van der Waals surface area contributed by atoms with Crippen molar-refractivity contribution in [2.24, 2.45) is 0 Å². The Labute approximate surface area is 123 Å². The van der Waals surface area contributed by atoms with Crippen molar-refractivity contribution in [1.29, 1.82) is 0 Å². The number of amides is 3. The zero-order valence-corrected chi connectivity index (χ0v) is 13.2. The highest BCUT2D eigenvalue weighted by atomic mass is 32.3. The van der Waals surface area contributed by atoms with Crippen LogP contribution in [0.2, 0.25) is 0 Å². The van der Waals surface area contributed by atoms with E-state index in [0.29, 0.717) is 23.1 Å². The maximum atomic E-state index is 11.9. The maximum absolute atomic E-state index is 11.9. The Morgan fingerprint density at radius 1 is 1.19 bits per heavy atom. The Kier molecular flexibility index (Phi) is 4.94. The van der Waals surface area contributed by atoms with Gasteiger partial charge in [0.1, 0.15) is 0 Å². The molecule has 0 fully saturated rings. The molecule has 0 bridgehead atoms. The Bertz CT molecular complexity index is 586. The lowest BCUT2D eigenvalue weighted by Crippen LogP contribution is -3.16. The largest absolute Gasteiger partial charge is 0.726 e. The summed E-state index contributed by atoms with van der Waals surface area (Å²) in [5, 5.41) is 0. The third kappa shape index (κ3) is 3.50. The molecule has 0 aromatic carbocycles. The summed E-state index contributed by atoms with van der Waals surface area (Å²) in [6, 6.07) is -0.207. The molecule has 2 heterocycles. The second-order valence-electron chi connectivity index (χ2n) is 4.60. The van der Waals surface area contributed by atoms with Gasteiger partial charge in [-0.2, -0.15) is 4.90 Å². The number of rotatable bonds is 1. The van der Waals surface area contributed by atoms with Crippen LogP contribution >= 0.6 is 0 Å². The van der Waals surface area contributed by atoms with E-state index in [9.17, 15) is 22.6 Å². The van der Waals surface area contributed by atoms with Crippen molar-refractivity contribution >= 4 is 22.3 Å². The lowest BCUT2D eigenvalue weighted by Gasteiger charge is -2.28. The predicted octanol–water partition coefficient (Wildman–Crippen LogP) is -2.81. The third-order valence-corrected chi connectivity index (χ3v) is 3.49. The number of imide groups is 1. The first-order valence-corrected chi connectivity index (χ1v) is 7.19. The number of likely N-dealkylation sites (N-methyl/N-ethyl adjacent to an activating group) is 2.